The molecule has 98 valence electrons. The summed E-state index contributed by atoms with van der Waals surface area (Å²) >= 11 is 0. The lowest BCUT2D eigenvalue weighted by Crippen LogP contribution is -2.28. The Labute approximate surface area is 113 Å². The molecule has 1 aromatic rings. The molecule has 4 heteroatoms. The molecule has 0 aliphatic heterocycles. The van der Waals surface area contributed by atoms with E-state index in [1.165, 1.54) is 0 Å². The van der Waals surface area contributed by atoms with Crippen molar-refractivity contribution < 1.29 is 4.79 Å². The minimum atomic E-state index is -0.531. The standard InChI is InChI=1S/C15H17N3O/c1-4-9-17-10-14(19)18-13-7-5-12(6-8-13)15(2,3)11-16/h1,5-8,17H,9-10H2,2-3H3,(H,18,19). The Morgan fingerprint density at radius 2 is 2.00 bits per heavy atom. The summed E-state index contributed by atoms with van der Waals surface area (Å²) in [7, 11) is 0. The van der Waals surface area contributed by atoms with E-state index in [1.54, 1.807) is 12.1 Å². The second-order valence-electron chi connectivity index (χ2n) is 4.67. The van der Waals surface area contributed by atoms with Crippen molar-refractivity contribution >= 4 is 11.6 Å². The van der Waals surface area contributed by atoms with E-state index in [2.05, 4.69) is 22.6 Å². The van der Waals surface area contributed by atoms with Gasteiger partial charge in [0.1, 0.15) is 0 Å². The number of rotatable bonds is 5. The van der Waals surface area contributed by atoms with Crippen LogP contribution in [0.5, 0.6) is 0 Å². The van der Waals surface area contributed by atoms with Gasteiger partial charge in [-0.05, 0) is 31.5 Å². The molecule has 0 aliphatic rings. The zero-order chi connectivity index (χ0) is 14.3. The van der Waals surface area contributed by atoms with Gasteiger partial charge in [-0.2, -0.15) is 5.26 Å². The lowest BCUT2D eigenvalue weighted by molar-refractivity contribution is -0.115. The Hall–Kier alpha value is -2.30. The Bertz CT molecular complexity index is 518. The van der Waals surface area contributed by atoms with Crippen molar-refractivity contribution in [2.24, 2.45) is 0 Å². The van der Waals surface area contributed by atoms with E-state index in [9.17, 15) is 4.79 Å². The van der Waals surface area contributed by atoms with E-state index in [0.717, 1.165) is 5.56 Å². The molecule has 0 bridgehead atoms. The Kier molecular flexibility index (Phi) is 5.11. The number of hydrogen-bond acceptors (Lipinski definition) is 3. The van der Waals surface area contributed by atoms with Gasteiger partial charge in [0.05, 0.1) is 24.6 Å². The summed E-state index contributed by atoms with van der Waals surface area (Å²) in [5, 5.41) is 14.6. The van der Waals surface area contributed by atoms with Crippen molar-refractivity contribution in [1.82, 2.24) is 5.32 Å². The van der Waals surface area contributed by atoms with Crippen LogP contribution in [0.3, 0.4) is 0 Å². The first-order chi connectivity index (χ1) is 8.99. The molecule has 0 saturated heterocycles. The molecular weight excluding hydrogens is 238 g/mol. The van der Waals surface area contributed by atoms with Gasteiger partial charge in [-0.3, -0.25) is 10.1 Å². The molecule has 0 radical (unpaired) electrons. The highest BCUT2D eigenvalue weighted by atomic mass is 16.1. The van der Waals surface area contributed by atoms with Gasteiger partial charge in [0, 0.05) is 5.69 Å². The number of carbonyl (C=O) groups is 1. The first-order valence-electron chi connectivity index (χ1n) is 5.95. The van der Waals surface area contributed by atoms with Gasteiger partial charge in [0.25, 0.3) is 0 Å². The van der Waals surface area contributed by atoms with E-state index in [0.29, 0.717) is 12.2 Å². The van der Waals surface area contributed by atoms with Gasteiger partial charge < -0.3 is 5.32 Å². The maximum absolute atomic E-state index is 11.5. The van der Waals surface area contributed by atoms with Gasteiger partial charge in [0.2, 0.25) is 5.91 Å². The van der Waals surface area contributed by atoms with Crippen LogP contribution in [0, 0.1) is 23.7 Å². The predicted molar refractivity (Wildman–Crippen MR) is 75.4 cm³/mol. The highest BCUT2D eigenvalue weighted by molar-refractivity contribution is 5.92. The first kappa shape index (κ1) is 14.8. The minimum Gasteiger partial charge on any atom is -0.325 e. The van der Waals surface area contributed by atoms with E-state index in [-0.39, 0.29) is 12.5 Å². The monoisotopic (exact) mass is 255 g/mol. The molecule has 1 aromatic carbocycles. The van der Waals surface area contributed by atoms with E-state index < -0.39 is 5.41 Å². The number of benzene rings is 1. The normalized spacial score (nSPS) is 10.3. The summed E-state index contributed by atoms with van der Waals surface area (Å²) < 4.78 is 0. The molecule has 0 spiro atoms. The molecule has 0 heterocycles. The molecule has 19 heavy (non-hydrogen) atoms. The summed E-state index contributed by atoms with van der Waals surface area (Å²) in [6.45, 7) is 4.24. The van der Waals surface area contributed by atoms with Crippen LogP contribution >= 0.6 is 0 Å². The molecular formula is C15H17N3O. The number of amides is 1. The number of nitrogens with one attached hydrogen (secondary N) is 2. The first-order valence-corrected chi connectivity index (χ1v) is 5.95. The molecule has 0 unspecified atom stereocenters. The van der Waals surface area contributed by atoms with Crippen molar-refractivity contribution in [1.29, 1.82) is 5.26 Å². The van der Waals surface area contributed by atoms with Crippen LogP contribution in [0.1, 0.15) is 19.4 Å². The number of nitrogens with zero attached hydrogens (tertiary/aromatic N) is 1. The second kappa shape index (κ2) is 6.58. The lowest BCUT2D eigenvalue weighted by Gasteiger charge is -2.16. The molecule has 0 aliphatic carbocycles. The molecule has 4 nitrogen and oxygen atoms in total. The minimum absolute atomic E-state index is 0.150. The average molecular weight is 255 g/mol. The molecule has 0 saturated carbocycles. The SMILES string of the molecule is C#CCNCC(=O)Nc1ccc(C(C)(C)C#N)cc1. The topological polar surface area (TPSA) is 64.9 Å². The highest BCUT2D eigenvalue weighted by Crippen LogP contribution is 2.23. The molecule has 2 N–H and O–H groups in total. The average Bonchev–Trinajstić information content (AvgIpc) is 2.39. The molecule has 1 amide bonds. The van der Waals surface area contributed by atoms with Crippen molar-refractivity contribution in [3.63, 3.8) is 0 Å². The highest BCUT2D eigenvalue weighted by Gasteiger charge is 2.19. The van der Waals surface area contributed by atoms with Gasteiger partial charge in [-0.15, -0.1) is 6.42 Å². The Morgan fingerprint density at radius 1 is 1.37 bits per heavy atom. The number of terminal acetylenes is 1. The summed E-state index contributed by atoms with van der Waals surface area (Å²) in [5.41, 5.74) is 1.08. The predicted octanol–water partition coefficient (Wildman–Crippen LogP) is 1.65. The summed E-state index contributed by atoms with van der Waals surface area (Å²) in [5.74, 6) is 2.25. The molecule has 0 atom stereocenters. The van der Waals surface area contributed by atoms with Crippen molar-refractivity contribution in [2.75, 3.05) is 18.4 Å². The van der Waals surface area contributed by atoms with Crippen LogP contribution in [0.2, 0.25) is 0 Å². The van der Waals surface area contributed by atoms with Crippen LogP contribution < -0.4 is 10.6 Å². The number of anilines is 1. The third-order valence-corrected chi connectivity index (χ3v) is 2.68. The quantitative estimate of drug-likeness (QED) is 0.621. The lowest BCUT2D eigenvalue weighted by atomic mass is 9.86. The second-order valence-corrected chi connectivity index (χ2v) is 4.67. The van der Waals surface area contributed by atoms with Gasteiger partial charge in [0.15, 0.2) is 0 Å². The summed E-state index contributed by atoms with van der Waals surface area (Å²) in [6, 6.07) is 9.49. The maximum atomic E-state index is 11.5. The van der Waals surface area contributed by atoms with Crippen molar-refractivity contribution in [2.45, 2.75) is 19.3 Å². The van der Waals surface area contributed by atoms with Crippen molar-refractivity contribution in [3.8, 4) is 18.4 Å². The third kappa shape index (κ3) is 4.46. The van der Waals surface area contributed by atoms with E-state index in [1.807, 2.05) is 26.0 Å². The number of carbonyl (C=O) groups excluding carboxylic acids is 1. The zero-order valence-electron chi connectivity index (χ0n) is 11.2. The van der Waals surface area contributed by atoms with E-state index in [4.69, 9.17) is 11.7 Å². The molecule has 0 fully saturated rings. The zero-order valence-corrected chi connectivity index (χ0v) is 11.2. The van der Waals surface area contributed by atoms with Gasteiger partial charge >= 0.3 is 0 Å². The number of hydrogen-bond donors (Lipinski definition) is 2. The molecule has 1 rings (SSSR count). The fourth-order valence-electron chi connectivity index (χ4n) is 1.49. The Morgan fingerprint density at radius 3 is 2.53 bits per heavy atom. The van der Waals surface area contributed by atoms with Crippen LogP contribution in [-0.2, 0) is 10.2 Å². The third-order valence-electron chi connectivity index (χ3n) is 2.68. The summed E-state index contributed by atoms with van der Waals surface area (Å²) in [4.78, 5) is 11.5. The smallest absolute Gasteiger partial charge is 0.238 e. The number of nitriles is 1. The van der Waals surface area contributed by atoms with Gasteiger partial charge in [-0.1, -0.05) is 18.1 Å². The molecule has 0 aromatic heterocycles. The fourth-order valence-corrected chi connectivity index (χ4v) is 1.49. The Balaban J connectivity index is 2.61. The van der Waals surface area contributed by atoms with Crippen molar-refractivity contribution in [3.05, 3.63) is 29.8 Å². The fraction of sp³-hybridized carbons (Fsp3) is 0.333. The van der Waals surface area contributed by atoms with Crippen LogP contribution in [0.15, 0.2) is 24.3 Å². The van der Waals surface area contributed by atoms with Crippen LogP contribution in [-0.4, -0.2) is 19.0 Å². The van der Waals surface area contributed by atoms with Crippen LogP contribution in [0.25, 0.3) is 0 Å². The largest absolute Gasteiger partial charge is 0.325 e. The van der Waals surface area contributed by atoms with Crippen LogP contribution in [0.4, 0.5) is 5.69 Å². The maximum Gasteiger partial charge on any atom is 0.238 e. The van der Waals surface area contributed by atoms with Gasteiger partial charge in [-0.25, -0.2) is 0 Å². The van der Waals surface area contributed by atoms with E-state index >= 15 is 0 Å². The summed E-state index contributed by atoms with van der Waals surface area (Å²) in [6.07, 6.45) is 5.07.